The highest BCUT2D eigenvalue weighted by molar-refractivity contribution is 9.10. The van der Waals surface area contributed by atoms with Crippen molar-refractivity contribution in [1.82, 2.24) is 5.32 Å². The summed E-state index contributed by atoms with van der Waals surface area (Å²) in [6.45, 7) is 1.46. The number of rotatable bonds is 5. The fraction of sp³-hybridized carbons (Fsp3) is 0.400. The Morgan fingerprint density at radius 2 is 2.27 bits per heavy atom. The minimum absolute atomic E-state index is 0.675. The minimum atomic E-state index is -0.735. The van der Waals surface area contributed by atoms with Gasteiger partial charge in [-0.05, 0) is 17.7 Å². The van der Waals surface area contributed by atoms with Crippen molar-refractivity contribution in [3.8, 4) is 0 Å². The predicted molar refractivity (Wildman–Crippen MR) is 69.8 cm³/mol. The Balaban J connectivity index is 2.40. The molecule has 1 N–H and O–H groups in total. The topological polar surface area (TPSA) is 29.1 Å². The van der Waals surface area contributed by atoms with E-state index in [2.05, 4.69) is 21.2 Å². The molecule has 0 aliphatic rings. The van der Waals surface area contributed by atoms with Gasteiger partial charge in [-0.15, -0.1) is 0 Å². The summed E-state index contributed by atoms with van der Waals surface area (Å²) >= 11 is 9.39. The molecule has 0 spiro atoms. The fourth-order valence-electron chi connectivity index (χ4n) is 1.10. The number of hydrogen-bond donors (Lipinski definition) is 1. The molecule has 0 amide bonds. The average molecular weight is 311 g/mol. The molecule has 0 aromatic heterocycles. The first-order chi connectivity index (χ1) is 7.09. The molecule has 0 saturated carbocycles. The molecule has 1 aromatic carbocycles. The molecule has 1 rings (SSSR count). The highest BCUT2D eigenvalue weighted by Gasteiger charge is 2.00. The monoisotopic (exact) mass is 309 g/mol. The van der Waals surface area contributed by atoms with Crippen LogP contribution >= 0.6 is 27.5 Å². The molecule has 0 radical (unpaired) electrons. The van der Waals surface area contributed by atoms with Gasteiger partial charge in [-0.2, -0.15) is 0 Å². The smallest absolute Gasteiger partial charge is 0.0462 e. The highest BCUT2D eigenvalue weighted by Crippen LogP contribution is 2.20. The van der Waals surface area contributed by atoms with Crippen LogP contribution < -0.4 is 5.32 Å². The summed E-state index contributed by atoms with van der Waals surface area (Å²) in [5, 5.41) is 3.95. The molecule has 1 aromatic rings. The van der Waals surface area contributed by atoms with E-state index in [0.29, 0.717) is 12.3 Å². The summed E-state index contributed by atoms with van der Waals surface area (Å²) in [5.41, 5.74) is 1.06. The first-order valence-corrected chi connectivity index (χ1v) is 7.44. The fourth-order valence-corrected chi connectivity index (χ4v) is 2.28. The van der Waals surface area contributed by atoms with E-state index >= 15 is 0 Å². The van der Waals surface area contributed by atoms with E-state index in [1.807, 2.05) is 18.2 Å². The number of nitrogens with one attached hydrogen (secondary N) is 1. The van der Waals surface area contributed by atoms with Gasteiger partial charge in [-0.1, -0.05) is 33.6 Å². The normalized spacial score (nSPS) is 12.7. The van der Waals surface area contributed by atoms with Gasteiger partial charge in [-0.25, -0.2) is 0 Å². The van der Waals surface area contributed by atoms with Crippen LogP contribution in [0.1, 0.15) is 5.56 Å². The summed E-state index contributed by atoms with van der Waals surface area (Å²) in [7, 11) is -0.735. The van der Waals surface area contributed by atoms with Crippen molar-refractivity contribution in [2.24, 2.45) is 0 Å². The van der Waals surface area contributed by atoms with Crippen LogP contribution in [0, 0.1) is 0 Å². The zero-order valence-electron chi connectivity index (χ0n) is 8.43. The minimum Gasteiger partial charge on any atom is -0.312 e. The molecule has 0 saturated heterocycles. The van der Waals surface area contributed by atoms with Crippen molar-refractivity contribution in [3.05, 3.63) is 33.3 Å². The maximum absolute atomic E-state index is 10.8. The lowest BCUT2D eigenvalue weighted by Crippen LogP contribution is -2.19. The van der Waals surface area contributed by atoms with Crippen molar-refractivity contribution >= 4 is 38.3 Å². The summed E-state index contributed by atoms with van der Waals surface area (Å²) in [6.07, 6.45) is 1.70. The molecular formula is C10H13BrClNOS. The van der Waals surface area contributed by atoms with Crippen LogP contribution in [0.3, 0.4) is 0 Å². The van der Waals surface area contributed by atoms with Crippen molar-refractivity contribution in [2.45, 2.75) is 6.54 Å². The molecule has 0 aliphatic carbocycles. The van der Waals surface area contributed by atoms with E-state index in [0.717, 1.165) is 21.6 Å². The molecule has 0 bridgehead atoms. The van der Waals surface area contributed by atoms with Gasteiger partial charge in [0.1, 0.15) is 0 Å². The second-order valence-electron chi connectivity index (χ2n) is 3.19. The van der Waals surface area contributed by atoms with E-state index in [-0.39, 0.29) is 0 Å². The first-order valence-electron chi connectivity index (χ1n) is 4.54. The third kappa shape index (κ3) is 5.11. The van der Waals surface area contributed by atoms with Crippen LogP contribution in [-0.4, -0.2) is 22.8 Å². The predicted octanol–water partition coefficient (Wildman–Crippen LogP) is 2.57. The third-order valence-electron chi connectivity index (χ3n) is 1.90. The molecule has 1 atom stereocenters. The largest absolute Gasteiger partial charge is 0.312 e. The SMILES string of the molecule is CS(=O)CCNCc1ccc(Br)cc1Cl. The van der Waals surface area contributed by atoms with Crippen LogP contribution in [0.15, 0.2) is 22.7 Å². The van der Waals surface area contributed by atoms with Gasteiger partial charge in [0.2, 0.25) is 0 Å². The lowest BCUT2D eigenvalue weighted by Gasteiger charge is -2.06. The van der Waals surface area contributed by atoms with Crippen molar-refractivity contribution in [1.29, 1.82) is 0 Å². The first kappa shape index (κ1) is 13.2. The molecule has 2 nitrogen and oxygen atoms in total. The maximum Gasteiger partial charge on any atom is 0.0462 e. The molecule has 15 heavy (non-hydrogen) atoms. The summed E-state index contributed by atoms with van der Waals surface area (Å²) in [4.78, 5) is 0. The second kappa shape index (κ2) is 6.63. The Hall–Kier alpha value is 0.1000. The Morgan fingerprint density at radius 1 is 1.53 bits per heavy atom. The summed E-state index contributed by atoms with van der Waals surface area (Å²) in [5.74, 6) is 0.675. The van der Waals surface area contributed by atoms with Gasteiger partial charge in [0.25, 0.3) is 0 Å². The van der Waals surface area contributed by atoms with E-state index in [4.69, 9.17) is 11.6 Å². The summed E-state index contributed by atoms with van der Waals surface area (Å²) in [6, 6.07) is 5.81. The molecule has 0 heterocycles. The van der Waals surface area contributed by atoms with Gasteiger partial charge < -0.3 is 5.32 Å². The highest BCUT2D eigenvalue weighted by atomic mass is 79.9. The van der Waals surface area contributed by atoms with Gasteiger partial charge in [0, 0.05) is 45.4 Å². The Morgan fingerprint density at radius 3 is 2.87 bits per heavy atom. The van der Waals surface area contributed by atoms with Crippen LogP contribution in [0.4, 0.5) is 0 Å². The second-order valence-corrected chi connectivity index (χ2v) is 6.07. The van der Waals surface area contributed by atoms with Crippen LogP contribution in [0.5, 0.6) is 0 Å². The standard InChI is InChI=1S/C10H13BrClNOS/c1-15(14)5-4-13-7-8-2-3-9(11)6-10(8)12/h2-3,6,13H,4-5,7H2,1H3. The van der Waals surface area contributed by atoms with Crippen LogP contribution in [-0.2, 0) is 17.3 Å². The number of hydrogen-bond acceptors (Lipinski definition) is 2. The van der Waals surface area contributed by atoms with Crippen LogP contribution in [0.2, 0.25) is 5.02 Å². The van der Waals surface area contributed by atoms with E-state index in [1.165, 1.54) is 0 Å². The Kier molecular flexibility index (Phi) is 5.82. The molecule has 5 heteroatoms. The van der Waals surface area contributed by atoms with Crippen molar-refractivity contribution in [3.63, 3.8) is 0 Å². The van der Waals surface area contributed by atoms with Gasteiger partial charge >= 0.3 is 0 Å². The van der Waals surface area contributed by atoms with Crippen LogP contribution in [0.25, 0.3) is 0 Å². The number of halogens is 2. The van der Waals surface area contributed by atoms with Gasteiger partial charge in [-0.3, -0.25) is 4.21 Å². The lowest BCUT2D eigenvalue weighted by molar-refractivity contribution is 0.676. The van der Waals surface area contributed by atoms with Gasteiger partial charge in [0.05, 0.1) is 0 Å². The lowest BCUT2D eigenvalue weighted by atomic mass is 10.2. The quantitative estimate of drug-likeness (QED) is 0.847. The maximum atomic E-state index is 10.8. The van der Waals surface area contributed by atoms with E-state index < -0.39 is 10.8 Å². The van der Waals surface area contributed by atoms with Crippen molar-refractivity contribution in [2.75, 3.05) is 18.6 Å². The summed E-state index contributed by atoms with van der Waals surface area (Å²) < 4.78 is 11.8. The zero-order chi connectivity index (χ0) is 11.3. The molecular weight excluding hydrogens is 298 g/mol. The molecule has 0 fully saturated rings. The molecule has 1 unspecified atom stereocenters. The Bertz CT molecular complexity index is 359. The zero-order valence-corrected chi connectivity index (χ0v) is 11.6. The van der Waals surface area contributed by atoms with E-state index in [1.54, 1.807) is 6.26 Å². The number of benzene rings is 1. The third-order valence-corrected chi connectivity index (χ3v) is 3.52. The van der Waals surface area contributed by atoms with E-state index in [9.17, 15) is 4.21 Å². The Labute approximate surface area is 106 Å². The molecule has 84 valence electrons. The van der Waals surface area contributed by atoms with Gasteiger partial charge in [0.15, 0.2) is 0 Å². The average Bonchev–Trinajstić information content (AvgIpc) is 2.14. The van der Waals surface area contributed by atoms with Crippen molar-refractivity contribution < 1.29 is 4.21 Å². The molecule has 0 aliphatic heterocycles.